The third kappa shape index (κ3) is 2.67. The lowest BCUT2D eigenvalue weighted by molar-refractivity contribution is 0.314. The molecule has 1 aromatic heterocycles. The van der Waals surface area contributed by atoms with Crippen molar-refractivity contribution in [2.75, 3.05) is 13.7 Å². The maximum atomic E-state index is 6.15. The normalized spacial score (nSPS) is 16.6. The number of halogens is 2. The van der Waals surface area contributed by atoms with E-state index in [4.69, 9.17) is 32.7 Å². The standard InChI is InChI=1S/C17H15Cl2NO2/c1-10-9-22-17-15(21-2)6-4-11(16(10)17)3-5-12-13(18)7-20-8-14(12)19/h3-8,10H,9H2,1-2H3/b5-3+. The molecular weight excluding hydrogens is 321 g/mol. The van der Waals surface area contributed by atoms with Gasteiger partial charge < -0.3 is 9.47 Å². The molecule has 0 bridgehead atoms. The van der Waals surface area contributed by atoms with Gasteiger partial charge >= 0.3 is 0 Å². The zero-order chi connectivity index (χ0) is 15.7. The molecule has 1 atom stereocenters. The molecule has 3 rings (SSSR count). The van der Waals surface area contributed by atoms with Gasteiger partial charge in [0.05, 0.1) is 23.8 Å². The molecule has 2 heterocycles. The number of hydrogen-bond donors (Lipinski definition) is 0. The lowest BCUT2D eigenvalue weighted by Gasteiger charge is -2.10. The summed E-state index contributed by atoms with van der Waals surface area (Å²) in [6, 6.07) is 3.93. The van der Waals surface area contributed by atoms with E-state index in [0.29, 0.717) is 22.6 Å². The quantitative estimate of drug-likeness (QED) is 0.785. The number of hydrogen-bond acceptors (Lipinski definition) is 3. The van der Waals surface area contributed by atoms with Crippen LogP contribution in [0.5, 0.6) is 11.5 Å². The fourth-order valence-corrected chi connectivity index (χ4v) is 3.09. The smallest absolute Gasteiger partial charge is 0.165 e. The highest BCUT2D eigenvalue weighted by atomic mass is 35.5. The minimum atomic E-state index is 0.313. The highest BCUT2D eigenvalue weighted by Crippen LogP contribution is 2.43. The zero-order valence-corrected chi connectivity index (χ0v) is 13.8. The monoisotopic (exact) mass is 335 g/mol. The molecule has 0 amide bonds. The summed E-state index contributed by atoms with van der Waals surface area (Å²) in [7, 11) is 1.65. The molecule has 0 spiro atoms. The average molecular weight is 336 g/mol. The summed E-state index contributed by atoms with van der Waals surface area (Å²) < 4.78 is 11.1. The Labute approximate surface area is 139 Å². The van der Waals surface area contributed by atoms with Crippen LogP contribution in [0.4, 0.5) is 0 Å². The molecule has 1 aliphatic rings. The minimum Gasteiger partial charge on any atom is -0.493 e. The van der Waals surface area contributed by atoms with Crippen LogP contribution in [-0.2, 0) is 0 Å². The first-order valence-electron chi connectivity index (χ1n) is 6.92. The highest BCUT2D eigenvalue weighted by molar-refractivity contribution is 6.37. The summed E-state index contributed by atoms with van der Waals surface area (Å²) in [5, 5.41) is 1.05. The van der Waals surface area contributed by atoms with Gasteiger partial charge in [-0.05, 0) is 11.6 Å². The van der Waals surface area contributed by atoms with E-state index in [0.717, 1.165) is 28.2 Å². The van der Waals surface area contributed by atoms with Gasteiger partial charge in [-0.1, -0.05) is 48.3 Å². The van der Waals surface area contributed by atoms with Crippen LogP contribution >= 0.6 is 23.2 Å². The first-order valence-corrected chi connectivity index (χ1v) is 7.68. The van der Waals surface area contributed by atoms with Crippen LogP contribution < -0.4 is 9.47 Å². The Morgan fingerprint density at radius 1 is 1.23 bits per heavy atom. The summed E-state index contributed by atoms with van der Waals surface area (Å²) in [6.07, 6.45) is 7.06. The van der Waals surface area contributed by atoms with Crippen molar-refractivity contribution < 1.29 is 9.47 Å². The molecule has 3 nitrogen and oxygen atoms in total. The van der Waals surface area contributed by atoms with Crippen LogP contribution in [-0.4, -0.2) is 18.7 Å². The molecule has 1 aliphatic heterocycles. The first kappa shape index (κ1) is 15.2. The fourth-order valence-electron chi connectivity index (χ4n) is 2.60. The number of methoxy groups -OCH3 is 1. The molecule has 0 fully saturated rings. The Bertz CT molecular complexity index is 723. The van der Waals surface area contributed by atoms with E-state index in [1.165, 1.54) is 0 Å². The molecule has 0 N–H and O–H groups in total. The minimum absolute atomic E-state index is 0.313. The van der Waals surface area contributed by atoms with Gasteiger partial charge in [0.25, 0.3) is 0 Å². The third-order valence-electron chi connectivity index (χ3n) is 3.70. The second-order valence-electron chi connectivity index (χ2n) is 5.16. The number of benzene rings is 1. The Kier molecular flexibility index (Phi) is 4.27. The van der Waals surface area contributed by atoms with E-state index in [1.807, 2.05) is 24.3 Å². The second-order valence-corrected chi connectivity index (χ2v) is 5.98. The van der Waals surface area contributed by atoms with Gasteiger partial charge in [-0.25, -0.2) is 0 Å². The van der Waals surface area contributed by atoms with Crippen molar-refractivity contribution in [1.29, 1.82) is 0 Å². The van der Waals surface area contributed by atoms with Gasteiger partial charge in [-0.2, -0.15) is 0 Å². The van der Waals surface area contributed by atoms with Crippen molar-refractivity contribution in [1.82, 2.24) is 4.98 Å². The maximum absolute atomic E-state index is 6.15. The van der Waals surface area contributed by atoms with E-state index < -0.39 is 0 Å². The number of rotatable bonds is 3. The largest absolute Gasteiger partial charge is 0.493 e. The van der Waals surface area contributed by atoms with Gasteiger partial charge in [0.15, 0.2) is 11.5 Å². The number of nitrogens with zero attached hydrogens (tertiary/aromatic N) is 1. The number of ether oxygens (including phenoxy) is 2. The Hall–Kier alpha value is -1.71. The highest BCUT2D eigenvalue weighted by Gasteiger charge is 2.26. The predicted octanol–water partition coefficient (Wildman–Crippen LogP) is 5.06. The van der Waals surface area contributed by atoms with Crippen molar-refractivity contribution in [2.45, 2.75) is 12.8 Å². The second kappa shape index (κ2) is 6.19. The van der Waals surface area contributed by atoms with Gasteiger partial charge in [0, 0.05) is 29.4 Å². The van der Waals surface area contributed by atoms with Crippen LogP contribution in [0.25, 0.3) is 12.2 Å². The molecule has 114 valence electrons. The maximum Gasteiger partial charge on any atom is 0.165 e. The van der Waals surface area contributed by atoms with Crippen LogP contribution in [0.2, 0.25) is 10.0 Å². The van der Waals surface area contributed by atoms with Crippen LogP contribution in [0, 0.1) is 0 Å². The van der Waals surface area contributed by atoms with E-state index in [-0.39, 0.29) is 0 Å². The van der Waals surface area contributed by atoms with Gasteiger partial charge in [-0.3, -0.25) is 4.98 Å². The summed E-state index contributed by atoms with van der Waals surface area (Å²) in [5.41, 5.74) is 2.98. The predicted molar refractivity (Wildman–Crippen MR) is 90.1 cm³/mol. The number of aromatic nitrogens is 1. The van der Waals surface area contributed by atoms with E-state index >= 15 is 0 Å². The lowest BCUT2D eigenvalue weighted by atomic mass is 9.96. The SMILES string of the molecule is COc1ccc(/C=C/c2c(Cl)cncc2Cl)c2c1OCC2C. The third-order valence-corrected chi connectivity index (χ3v) is 4.31. The molecule has 1 aromatic carbocycles. The van der Waals surface area contributed by atoms with Crippen molar-refractivity contribution in [2.24, 2.45) is 0 Å². The molecule has 2 aromatic rings. The molecule has 0 radical (unpaired) electrons. The summed E-state index contributed by atoms with van der Waals surface area (Å²) >= 11 is 12.3. The van der Waals surface area contributed by atoms with Crippen LogP contribution in [0.15, 0.2) is 24.5 Å². The van der Waals surface area contributed by atoms with Gasteiger partial charge in [0.1, 0.15) is 0 Å². The first-order chi connectivity index (χ1) is 10.6. The average Bonchev–Trinajstić information content (AvgIpc) is 2.89. The summed E-state index contributed by atoms with van der Waals surface area (Å²) in [4.78, 5) is 3.96. The van der Waals surface area contributed by atoms with Crippen molar-refractivity contribution in [3.8, 4) is 11.5 Å². The van der Waals surface area contributed by atoms with Crippen LogP contribution in [0.1, 0.15) is 29.5 Å². The molecule has 5 heteroatoms. The van der Waals surface area contributed by atoms with Crippen LogP contribution in [0.3, 0.4) is 0 Å². The Balaban J connectivity index is 2.04. The molecular formula is C17H15Cl2NO2. The van der Waals surface area contributed by atoms with Crippen molar-refractivity contribution >= 4 is 35.4 Å². The fraction of sp³-hybridized carbons (Fsp3) is 0.235. The zero-order valence-electron chi connectivity index (χ0n) is 12.3. The van der Waals surface area contributed by atoms with E-state index in [2.05, 4.69) is 11.9 Å². The topological polar surface area (TPSA) is 31.4 Å². The molecule has 0 saturated heterocycles. The van der Waals surface area contributed by atoms with Crippen molar-refractivity contribution in [3.05, 3.63) is 51.3 Å². The molecule has 0 saturated carbocycles. The Morgan fingerprint density at radius 3 is 2.64 bits per heavy atom. The summed E-state index contributed by atoms with van der Waals surface area (Å²) in [6.45, 7) is 2.79. The molecule has 22 heavy (non-hydrogen) atoms. The lowest BCUT2D eigenvalue weighted by Crippen LogP contribution is -1.95. The number of pyridine rings is 1. The van der Waals surface area contributed by atoms with Gasteiger partial charge in [0.2, 0.25) is 0 Å². The van der Waals surface area contributed by atoms with Crippen molar-refractivity contribution in [3.63, 3.8) is 0 Å². The Morgan fingerprint density at radius 2 is 1.95 bits per heavy atom. The van der Waals surface area contributed by atoms with Gasteiger partial charge in [-0.15, -0.1) is 0 Å². The van der Waals surface area contributed by atoms with E-state index in [9.17, 15) is 0 Å². The summed E-state index contributed by atoms with van der Waals surface area (Å²) in [5.74, 6) is 1.90. The van der Waals surface area contributed by atoms with E-state index in [1.54, 1.807) is 19.5 Å². The molecule has 1 unspecified atom stereocenters. The molecule has 0 aliphatic carbocycles. The number of fused-ring (bicyclic) bond motifs is 1.